The van der Waals surface area contributed by atoms with E-state index in [0.29, 0.717) is 19.8 Å². The van der Waals surface area contributed by atoms with E-state index in [9.17, 15) is 0 Å². The first-order valence-corrected chi connectivity index (χ1v) is 6.29. The van der Waals surface area contributed by atoms with Crippen LogP contribution < -0.4 is 5.32 Å². The minimum Gasteiger partial charge on any atom is -0.467 e. The summed E-state index contributed by atoms with van der Waals surface area (Å²) < 4.78 is 16.2. The number of hydrogen-bond donors (Lipinski definition) is 1. The van der Waals surface area contributed by atoms with Gasteiger partial charge in [0.2, 0.25) is 0 Å². The third-order valence-corrected chi connectivity index (χ3v) is 2.36. The fourth-order valence-electron chi connectivity index (χ4n) is 1.44. The second kappa shape index (κ2) is 9.22. The lowest BCUT2D eigenvalue weighted by atomic mass is 10.2. The molecule has 0 aromatic carbocycles. The van der Waals surface area contributed by atoms with Crippen molar-refractivity contribution in [3.05, 3.63) is 23.7 Å². The lowest BCUT2D eigenvalue weighted by Gasteiger charge is -2.05. The average Bonchev–Trinajstić information content (AvgIpc) is 2.78. The van der Waals surface area contributed by atoms with Crippen molar-refractivity contribution >= 4 is 0 Å². The Morgan fingerprint density at radius 3 is 2.76 bits per heavy atom. The second-order valence-corrected chi connectivity index (χ2v) is 3.81. The summed E-state index contributed by atoms with van der Waals surface area (Å²) in [5.41, 5.74) is 1.17. The van der Waals surface area contributed by atoms with Crippen molar-refractivity contribution in [1.29, 1.82) is 0 Å². The van der Waals surface area contributed by atoms with Crippen molar-refractivity contribution in [2.75, 3.05) is 26.4 Å². The highest BCUT2D eigenvalue weighted by atomic mass is 16.5. The van der Waals surface area contributed by atoms with Crippen molar-refractivity contribution in [1.82, 2.24) is 5.32 Å². The fourth-order valence-corrected chi connectivity index (χ4v) is 1.44. The molecule has 0 atom stereocenters. The number of furan rings is 1. The molecular weight excluding hydrogens is 218 g/mol. The van der Waals surface area contributed by atoms with Gasteiger partial charge in [0, 0.05) is 18.7 Å². The molecule has 98 valence electrons. The molecule has 0 saturated heterocycles. The van der Waals surface area contributed by atoms with E-state index in [-0.39, 0.29) is 0 Å². The highest BCUT2D eigenvalue weighted by Crippen LogP contribution is 2.11. The average molecular weight is 241 g/mol. The van der Waals surface area contributed by atoms with E-state index in [1.54, 1.807) is 6.26 Å². The van der Waals surface area contributed by atoms with Crippen LogP contribution in [0, 0.1) is 0 Å². The minimum absolute atomic E-state index is 0.517. The van der Waals surface area contributed by atoms with E-state index < -0.39 is 0 Å². The summed E-state index contributed by atoms with van der Waals surface area (Å²) >= 11 is 0. The summed E-state index contributed by atoms with van der Waals surface area (Å²) in [6, 6.07) is 1.98. The molecule has 1 aromatic rings. The Kier molecular flexibility index (Phi) is 7.71. The summed E-state index contributed by atoms with van der Waals surface area (Å²) in [6.45, 7) is 8.55. The first-order chi connectivity index (χ1) is 8.38. The number of hydrogen-bond acceptors (Lipinski definition) is 4. The zero-order chi connectivity index (χ0) is 12.3. The van der Waals surface area contributed by atoms with Crippen LogP contribution in [0.15, 0.2) is 16.7 Å². The van der Waals surface area contributed by atoms with Crippen LogP contribution in [-0.2, 0) is 22.6 Å². The molecule has 1 N–H and O–H groups in total. The van der Waals surface area contributed by atoms with Crippen LogP contribution in [-0.4, -0.2) is 26.4 Å². The summed E-state index contributed by atoms with van der Waals surface area (Å²) in [5, 5.41) is 3.27. The molecule has 0 unspecified atom stereocenters. The highest BCUT2D eigenvalue weighted by molar-refractivity contribution is 5.15. The molecule has 0 aliphatic rings. The number of rotatable bonds is 10. The summed E-state index contributed by atoms with van der Waals surface area (Å²) in [4.78, 5) is 0. The van der Waals surface area contributed by atoms with Crippen LogP contribution in [0.25, 0.3) is 0 Å². The molecule has 0 amide bonds. The molecule has 1 aromatic heterocycles. The SMILES string of the molecule is CCCOCCOCc1occc1CNCC. The second-order valence-electron chi connectivity index (χ2n) is 3.81. The smallest absolute Gasteiger partial charge is 0.133 e. The van der Waals surface area contributed by atoms with Crippen LogP contribution in [0.5, 0.6) is 0 Å². The third-order valence-electron chi connectivity index (χ3n) is 2.36. The van der Waals surface area contributed by atoms with Crippen molar-refractivity contribution in [3.8, 4) is 0 Å². The van der Waals surface area contributed by atoms with Gasteiger partial charge in [0.15, 0.2) is 0 Å². The highest BCUT2D eigenvalue weighted by Gasteiger charge is 2.05. The molecule has 0 spiro atoms. The third kappa shape index (κ3) is 5.86. The Bertz CT molecular complexity index is 286. The molecule has 0 bridgehead atoms. The van der Waals surface area contributed by atoms with Crippen LogP contribution >= 0.6 is 0 Å². The Hall–Kier alpha value is -0.840. The quantitative estimate of drug-likeness (QED) is 0.638. The number of nitrogens with one attached hydrogen (secondary N) is 1. The lowest BCUT2D eigenvalue weighted by molar-refractivity contribution is 0.0346. The molecule has 4 heteroatoms. The van der Waals surface area contributed by atoms with Crippen molar-refractivity contribution < 1.29 is 13.9 Å². The van der Waals surface area contributed by atoms with Gasteiger partial charge in [-0.1, -0.05) is 13.8 Å². The molecular formula is C13H23NO3. The summed E-state index contributed by atoms with van der Waals surface area (Å²) in [6.07, 6.45) is 2.75. The van der Waals surface area contributed by atoms with Crippen LogP contribution in [0.4, 0.5) is 0 Å². The minimum atomic E-state index is 0.517. The normalized spacial score (nSPS) is 10.9. The first kappa shape index (κ1) is 14.2. The van der Waals surface area contributed by atoms with E-state index in [1.807, 2.05) is 6.07 Å². The van der Waals surface area contributed by atoms with Gasteiger partial charge in [-0.25, -0.2) is 0 Å². The van der Waals surface area contributed by atoms with E-state index in [1.165, 1.54) is 5.56 Å². The molecule has 1 heterocycles. The zero-order valence-corrected chi connectivity index (χ0v) is 10.8. The fraction of sp³-hybridized carbons (Fsp3) is 0.692. The van der Waals surface area contributed by atoms with E-state index in [2.05, 4.69) is 19.2 Å². The van der Waals surface area contributed by atoms with E-state index >= 15 is 0 Å². The van der Waals surface area contributed by atoms with Crippen LogP contribution in [0.2, 0.25) is 0 Å². The van der Waals surface area contributed by atoms with E-state index in [4.69, 9.17) is 13.9 Å². The van der Waals surface area contributed by atoms with Crippen molar-refractivity contribution in [2.45, 2.75) is 33.4 Å². The summed E-state index contributed by atoms with van der Waals surface area (Å²) in [7, 11) is 0. The maximum Gasteiger partial charge on any atom is 0.133 e. The number of ether oxygens (including phenoxy) is 2. The Labute approximate surface area is 103 Å². The predicted molar refractivity (Wildman–Crippen MR) is 66.9 cm³/mol. The van der Waals surface area contributed by atoms with Crippen LogP contribution in [0.1, 0.15) is 31.6 Å². The van der Waals surface area contributed by atoms with Gasteiger partial charge in [0.25, 0.3) is 0 Å². The molecule has 4 nitrogen and oxygen atoms in total. The Balaban J connectivity index is 2.15. The molecule has 0 aliphatic heterocycles. The molecule has 0 saturated carbocycles. The Morgan fingerprint density at radius 2 is 2.00 bits per heavy atom. The molecule has 17 heavy (non-hydrogen) atoms. The van der Waals surface area contributed by atoms with Gasteiger partial charge in [0.05, 0.1) is 19.5 Å². The summed E-state index contributed by atoms with van der Waals surface area (Å²) in [5.74, 6) is 0.904. The van der Waals surface area contributed by atoms with Gasteiger partial charge in [-0.2, -0.15) is 0 Å². The lowest BCUT2D eigenvalue weighted by Crippen LogP contribution is -2.13. The van der Waals surface area contributed by atoms with Gasteiger partial charge >= 0.3 is 0 Å². The van der Waals surface area contributed by atoms with Gasteiger partial charge in [0.1, 0.15) is 12.4 Å². The molecule has 0 fully saturated rings. The maximum atomic E-state index is 5.50. The first-order valence-electron chi connectivity index (χ1n) is 6.29. The monoisotopic (exact) mass is 241 g/mol. The standard InChI is InChI=1S/C13H23NO3/c1-3-6-15-8-9-16-11-13-12(5-7-17-13)10-14-4-2/h5,7,14H,3-4,6,8-11H2,1-2H3. The topological polar surface area (TPSA) is 43.6 Å². The predicted octanol–water partition coefficient (Wildman–Crippen LogP) is 2.33. The molecule has 0 radical (unpaired) electrons. The van der Waals surface area contributed by atoms with Gasteiger partial charge < -0.3 is 19.2 Å². The molecule has 1 rings (SSSR count). The van der Waals surface area contributed by atoms with E-state index in [0.717, 1.165) is 31.9 Å². The zero-order valence-electron chi connectivity index (χ0n) is 10.8. The molecule has 0 aliphatic carbocycles. The van der Waals surface area contributed by atoms with Gasteiger partial charge in [-0.05, 0) is 19.0 Å². The van der Waals surface area contributed by atoms with Crippen molar-refractivity contribution in [2.24, 2.45) is 0 Å². The van der Waals surface area contributed by atoms with Crippen molar-refractivity contribution in [3.63, 3.8) is 0 Å². The van der Waals surface area contributed by atoms with Gasteiger partial charge in [-0.3, -0.25) is 0 Å². The van der Waals surface area contributed by atoms with Crippen LogP contribution in [0.3, 0.4) is 0 Å². The largest absolute Gasteiger partial charge is 0.467 e. The Morgan fingerprint density at radius 1 is 1.18 bits per heavy atom. The van der Waals surface area contributed by atoms with Gasteiger partial charge in [-0.15, -0.1) is 0 Å². The maximum absolute atomic E-state index is 5.50.